The highest BCUT2D eigenvalue weighted by Crippen LogP contribution is 2.46. The highest BCUT2D eigenvalue weighted by atomic mass is 79.9. The van der Waals surface area contributed by atoms with E-state index >= 15 is 0 Å². The Bertz CT molecular complexity index is 1190. The van der Waals surface area contributed by atoms with E-state index in [9.17, 15) is 28.7 Å². The third-order valence-electron chi connectivity index (χ3n) is 5.38. The number of nitriles is 1. The van der Waals surface area contributed by atoms with Crippen LogP contribution in [0.1, 0.15) is 35.2 Å². The smallest absolute Gasteiger partial charge is 0.265 e. The minimum absolute atomic E-state index is 0.170. The lowest BCUT2D eigenvalue weighted by molar-refractivity contribution is 0.0934. The fourth-order valence-corrected chi connectivity index (χ4v) is 5.11. The fraction of sp³-hybridized carbons (Fsp3) is 0.333. The average Bonchev–Trinajstić information content (AvgIpc) is 2.71. The Morgan fingerprint density at radius 2 is 2.00 bits per heavy atom. The molecule has 1 fully saturated rings. The number of phenols is 2. The molecule has 32 heavy (non-hydrogen) atoms. The van der Waals surface area contributed by atoms with Gasteiger partial charge in [-0.3, -0.25) is 9.52 Å². The largest absolute Gasteiger partial charge is 0.507 e. The van der Waals surface area contributed by atoms with Crippen molar-refractivity contribution in [2.75, 3.05) is 25.0 Å². The standard InChI is InChI=1S/C21H22BrN3O6S/c1-31-8-7-24-20(28)15-9-13(21(12-23)5-2-6-21)10-16(19(15)27)25-32(29,30)18-11-14(22)3-4-17(18)26/h3-4,9-11,25-27H,2,5-8H2,1H3,(H,24,28). The van der Waals surface area contributed by atoms with Crippen LogP contribution in [0.3, 0.4) is 0 Å². The van der Waals surface area contributed by atoms with Crippen LogP contribution in [0.15, 0.2) is 39.7 Å². The number of phenolic OH excluding ortho intramolecular Hbond substituents is 2. The van der Waals surface area contributed by atoms with E-state index in [1.165, 1.54) is 37.4 Å². The van der Waals surface area contributed by atoms with Gasteiger partial charge in [-0.05, 0) is 55.2 Å². The van der Waals surface area contributed by atoms with Gasteiger partial charge in [0.15, 0.2) is 5.75 Å². The van der Waals surface area contributed by atoms with E-state index in [0.29, 0.717) is 22.9 Å². The Hall–Kier alpha value is -2.81. The number of sulfonamides is 1. The molecule has 170 valence electrons. The quantitative estimate of drug-likeness (QED) is 0.306. The first-order valence-electron chi connectivity index (χ1n) is 9.71. The Morgan fingerprint density at radius 1 is 1.28 bits per heavy atom. The number of methoxy groups -OCH3 is 1. The van der Waals surface area contributed by atoms with E-state index in [1.807, 2.05) is 0 Å². The molecule has 0 atom stereocenters. The number of anilines is 1. The van der Waals surface area contributed by atoms with Gasteiger partial charge in [0.25, 0.3) is 15.9 Å². The normalized spacial score (nSPS) is 14.8. The van der Waals surface area contributed by atoms with Crippen molar-refractivity contribution in [2.45, 2.75) is 29.6 Å². The molecule has 1 aliphatic carbocycles. The molecule has 0 radical (unpaired) electrons. The number of benzene rings is 2. The number of ether oxygens (including phenoxy) is 1. The predicted molar refractivity (Wildman–Crippen MR) is 120 cm³/mol. The molecule has 0 bridgehead atoms. The second-order valence-corrected chi connectivity index (χ2v) is 10.0. The number of hydrogen-bond donors (Lipinski definition) is 4. The molecule has 2 aromatic carbocycles. The van der Waals surface area contributed by atoms with Crippen molar-refractivity contribution in [1.82, 2.24) is 5.32 Å². The maximum atomic E-state index is 12.9. The number of nitrogens with one attached hydrogen (secondary N) is 2. The number of nitrogens with zero attached hydrogens (tertiary/aromatic N) is 1. The first-order chi connectivity index (χ1) is 15.1. The van der Waals surface area contributed by atoms with E-state index in [-0.39, 0.29) is 24.4 Å². The van der Waals surface area contributed by atoms with E-state index < -0.39 is 37.7 Å². The molecule has 3 rings (SSSR count). The Labute approximate surface area is 194 Å². The van der Waals surface area contributed by atoms with Crippen LogP contribution in [-0.4, -0.2) is 44.8 Å². The van der Waals surface area contributed by atoms with Gasteiger partial charge in [0, 0.05) is 18.1 Å². The lowest BCUT2D eigenvalue weighted by Crippen LogP contribution is -2.33. The van der Waals surface area contributed by atoms with E-state index in [0.717, 1.165) is 6.42 Å². The van der Waals surface area contributed by atoms with E-state index in [2.05, 4.69) is 32.0 Å². The van der Waals surface area contributed by atoms with Gasteiger partial charge >= 0.3 is 0 Å². The van der Waals surface area contributed by atoms with Gasteiger partial charge < -0.3 is 20.3 Å². The molecule has 0 aliphatic heterocycles. The number of aromatic hydroxyl groups is 2. The summed E-state index contributed by atoms with van der Waals surface area (Å²) in [7, 11) is -2.86. The van der Waals surface area contributed by atoms with Crippen LogP contribution in [0.25, 0.3) is 0 Å². The maximum Gasteiger partial charge on any atom is 0.265 e. The van der Waals surface area contributed by atoms with Crippen LogP contribution in [0.4, 0.5) is 5.69 Å². The molecule has 1 saturated carbocycles. The minimum atomic E-state index is -4.33. The van der Waals surface area contributed by atoms with Crippen LogP contribution < -0.4 is 10.0 Å². The lowest BCUT2D eigenvalue weighted by Gasteiger charge is -2.36. The Kier molecular flexibility index (Phi) is 6.97. The van der Waals surface area contributed by atoms with Gasteiger partial charge in [0.2, 0.25) is 0 Å². The molecule has 0 heterocycles. The molecule has 0 aromatic heterocycles. The monoisotopic (exact) mass is 523 g/mol. The molecule has 0 unspecified atom stereocenters. The summed E-state index contributed by atoms with van der Waals surface area (Å²) in [6.07, 6.45) is 1.92. The summed E-state index contributed by atoms with van der Waals surface area (Å²) < 4.78 is 33.5. The predicted octanol–water partition coefficient (Wildman–Crippen LogP) is 2.98. The van der Waals surface area contributed by atoms with Crippen LogP contribution in [0.2, 0.25) is 0 Å². The second-order valence-electron chi connectivity index (χ2n) is 7.43. The lowest BCUT2D eigenvalue weighted by atomic mass is 9.65. The summed E-state index contributed by atoms with van der Waals surface area (Å²) >= 11 is 3.16. The van der Waals surface area contributed by atoms with Crippen LogP contribution in [-0.2, 0) is 20.2 Å². The van der Waals surface area contributed by atoms with Gasteiger partial charge in [-0.25, -0.2) is 8.42 Å². The Balaban J connectivity index is 2.08. The summed E-state index contributed by atoms with van der Waals surface area (Å²) in [5.74, 6) is -1.71. The first-order valence-corrected chi connectivity index (χ1v) is 12.0. The van der Waals surface area contributed by atoms with Crippen molar-refractivity contribution < 1.29 is 28.2 Å². The first kappa shape index (κ1) is 23.8. The number of carbonyl (C=O) groups is 1. The molecule has 1 aliphatic rings. The van der Waals surface area contributed by atoms with Crippen molar-refractivity contribution >= 4 is 37.5 Å². The van der Waals surface area contributed by atoms with Crippen molar-refractivity contribution in [3.05, 3.63) is 45.9 Å². The van der Waals surface area contributed by atoms with Crippen LogP contribution in [0, 0.1) is 11.3 Å². The average molecular weight is 524 g/mol. The zero-order valence-electron chi connectivity index (χ0n) is 17.2. The fourth-order valence-electron chi connectivity index (χ4n) is 3.42. The summed E-state index contributed by atoms with van der Waals surface area (Å²) in [5, 5.41) is 33.1. The van der Waals surface area contributed by atoms with Gasteiger partial charge in [-0.15, -0.1) is 0 Å². The van der Waals surface area contributed by atoms with Crippen molar-refractivity contribution in [1.29, 1.82) is 5.26 Å². The summed E-state index contributed by atoms with van der Waals surface area (Å²) in [4.78, 5) is 12.3. The molecule has 1 amide bonds. The van der Waals surface area contributed by atoms with Crippen LogP contribution >= 0.6 is 15.9 Å². The maximum absolute atomic E-state index is 12.9. The number of amides is 1. The second kappa shape index (κ2) is 9.36. The summed E-state index contributed by atoms with van der Waals surface area (Å²) in [5.41, 5.74) is -0.874. The van der Waals surface area contributed by atoms with Crippen LogP contribution in [0.5, 0.6) is 11.5 Å². The number of carbonyl (C=O) groups excluding carboxylic acids is 1. The summed E-state index contributed by atoms with van der Waals surface area (Å²) in [6.45, 7) is 0.422. The molecular formula is C21H22BrN3O6S. The minimum Gasteiger partial charge on any atom is -0.507 e. The van der Waals surface area contributed by atoms with Crippen molar-refractivity contribution in [3.63, 3.8) is 0 Å². The van der Waals surface area contributed by atoms with Gasteiger partial charge in [-0.2, -0.15) is 5.26 Å². The van der Waals surface area contributed by atoms with E-state index in [4.69, 9.17) is 4.74 Å². The Morgan fingerprint density at radius 3 is 2.59 bits per heavy atom. The van der Waals surface area contributed by atoms with Crippen molar-refractivity contribution in [3.8, 4) is 17.6 Å². The van der Waals surface area contributed by atoms with E-state index in [1.54, 1.807) is 0 Å². The van der Waals surface area contributed by atoms with Gasteiger partial charge in [-0.1, -0.05) is 15.9 Å². The third kappa shape index (κ3) is 4.67. The number of rotatable bonds is 8. The number of halogens is 1. The summed E-state index contributed by atoms with van der Waals surface area (Å²) in [6, 6.07) is 8.91. The van der Waals surface area contributed by atoms with Crippen molar-refractivity contribution in [2.24, 2.45) is 0 Å². The highest BCUT2D eigenvalue weighted by Gasteiger charge is 2.40. The zero-order valence-corrected chi connectivity index (χ0v) is 19.6. The van der Waals surface area contributed by atoms with Gasteiger partial charge in [0.1, 0.15) is 10.6 Å². The molecule has 11 heteroatoms. The molecule has 0 spiro atoms. The molecule has 0 saturated heterocycles. The SMILES string of the molecule is COCCNC(=O)c1cc(C2(C#N)CCC2)cc(NS(=O)(=O)c2cc(Br)ccc2O)c1O. The third-order valence-corrected chi connectivity index (χ3v) is 7.26. The zero-order chi connectivity index (χ0) is 23.5. The number of hydrogen-bond acceptors (Lipinski definition) is 7. The molecule has 9 nitrogen and oxygen atoms in total. The molecule has 4 N–H and O–H groups in total. The molecular weight excluding hydrogens is 502 g/mol. The van der Waals surface area contributed by atoms with Gasteiger partial charge in [0.05, 0.1) is 29.3 Å². The highest BCUT2D eigenvalue weighted by molar-refractivity contribution is 9.10. The topological polar surface area (TPSA) is 149 Å². The molecule has 2 aromatic rings.